The quantitative estimate of drug-likeness (QED) is 0.906. The summed E-state index contributed by atoms with van der Waals surface area (Å²) in [5.41, 5.74) is 3.76. The van der Waals surface area contributed by atoms with Crippen molar-refractivity contribution in [2.45, 2.75) is 39.3 Å². The zero-order valence-electron chi connectivity index (χ0n) is 12.8. The molecule has 1 unspecified atom stereocenters. The first-order chi connectivity index (χ1) is 10.2. The molecule has 0 saturated heterocycles. The van der Waals surface area contributed by atoms with Crippen molar-refractivity contribution in [3.8, 4) is 0 Å². The predicted octanol–water partition coefficient (Wildman–Crippen LogP) is 2.44. The standard InChI is InChI=1S/C17H23N3O/c1-3-18-12(2)10-17(21)20-9-8-16-14(11-20)13-6-4-5-7-15(13)19-16/h4-7,12,18-19H,3,8-11H2,1-2H3. The molecule has 1 aliphatic heterocycles. The molecule has 0 fully saturated rings. The molecule has 4 nitrogen and oxygen atoms in total. The average molecular weight is 285 g/mol. The molecule has 1 aromatic carbocycles. The van der Waals surface area contributed by atoms with E-state index in [0.717, 1.165) is 26.1 Å². The number of rotatable bonds is 4. The molecule has 2 heterocycles. The van der Waals surface area contributed by atoms with Crippen LogP contribution in [0.3, 0.4) is 0 Å². The third-order valence-electron chi connectivity index (χ3n) is 4.27. The normalized spacial score (nSPS) is 16.0. The highest BCUT2D eigenvalue weighted by atomic mass is 16.2. The molecule has 1 amide bonds. The molecular weight excluding hydrogens is 262 g/mol. The molecule has 1 aromatic heterocycles. The SMILES string of the molecule is CCNC(C)CC(=O)N1CCc2[nH]c3ccccc3c2C1. The Kier molecular flexibility index (Phi) is 3.97. The van der Waals surface area contributed by atoms with E-state index >= 15 is 0 Å². The molecule has 112 valence electrons. The third-order valence-corrected chi connectivity index (χ3v) is 4.27. The van der Waals surface area contributed by atoms with Crippen molar-refractivity contribution in [3.05, 3.63) is 35.5 Å². The number of carbonyl (C=O) groups excluding carboxylic acids is 1. The molecule has 0 spiro atoms. The van der Waals surface area contributed by atoms with Crippen LogP contribution in [0, 0.1) is 0 Å². The van der Waals surface area contributed by atoms with Gasteiger partial charge in [0.25, 0.3) is 0 Å². The van der Waals surface area contributed by atoms with Crippen molar-refractivity contribution in [2.75, 3.05) is 13.1 Å². The average Bonchev–Trinajstić information content (AvgIpc) is 2.85. The monoisotopic (exact) mass is 285 g/mol. The van der Waals surface area contributed by atoms with E-state index in [1.807, 2.05) is 11.0 Å². The lowest BCUT2D eigenvalue weighted by atomic mass is 10.0. The van der Waals surface area contributed by atoms with Crippen LogP contribution in [-0.2, 0) is 17.8 Å². The summed E-state index contributed by atoms with van der Waals surface area (Å²) in [4.78, 5) is 17.9. The van der Waals surface area contributed by atoms with Crippen LogP contribution in [-0.4, -0.2) is 34.9 Å². The molecule has 0 bridgehead atoms. The fourth-order valence-corrected chi connectivity index (χ4v) is 3.19. The van der Waals surface area contributed by atoms with Gasteiger partial charge in [-0.2, -0.15) is 0 Å². The van der Waals surface area contributed by atoms with E-state index in [9.17, 15) is 4.79 Å². The van der Waals surface area contributed by atoms with Gasteiger partial charge < -0.3 is 15.2 Å². The predicted molar refractivity (Wildman–Crippen MR) is 85.2 cm³/mol. The van der Waals surface area contributed by atoms with Crippen molar-refractivity contribution < 1.29 is 4.79 Å². The number of aromatic amines is 1. The molecule has 2 aromatic rings. The zero-order chi connectivity index (χ0) is 14.8. The summed E-state index contributed by atoms with van der Waals surface area (Å²) in [6, 6.07) is 8.59. The van der Waals surface area contributed by atoms with Crippen molar-refractivity contribution in [1.82, 2.24) is 15.2 Å². The maximum Gasteiger partial charge on any atom is 0.224 e. The first-order valence-corrected chi connectivity index (χ1v) is 7.78. The summed E-state index contributed by atoms with van der Waals surface area (Å²) in [6.07, 6.45) is 1.50. The number of benzene rings is 1. The fourth-order valence-electron chi connectivity index (χ4n) is 3.19. The number of nitrogens with one attached hydrogen (secondary N) is 2. The largest absolute Gasteiger partial charge is 0.358 e. The Morgan fingerprint density at radius 1 is 1.43 bits per heavy atom. The first kappa shape index (κ1) is 14.1. The molecule has 1 atom stereocenters. The van der Waals surface area contributed by atoms with Crippen LogP contribution in [0.1, 0.15) is 31.5 Å². The number of aromatic nitrogens is 1. The van der Waals surface area contributed by atoms with E-state index in [1.54, 1.807) is 0 Å². The van der Waals surface area contributed by atoms with Crippen molar-refractivity contribution in [1.29, 1.82) is 0 Å². The molecule has 0 radical (unpaired) electrons. The number of fused-ring (bicyclic) bond motifs is 3. The summed E-state index contributed by atoms with van der Waals surface area (Å²) >= 11 is 0. The summed E-state index contributed by atoms with van der Waals surface area (Å²) in [5, 5.41) is 4.56. The van der Waals surface area contributed by atoms with Crippen molar-refractivity contribution in [3.63, 3.8) is 0 Å². The molecule has 3 rings (SSSR count). The number of H-pyrrole nitrogens is 1. The van der Waals surface area contributed by atoms with E-state index < -0.39 is 0 Å². The van der Waals surface area contributed by atoms with Gasteiger partial charge in [0.1, 0.15) is 0 Å². The van der Waals surface area contributed by atoms with Crippen LogP contribution in [0.2, 0.25) is 0 Å². The number of hydrogen-bond donors (Lipinski definition) is 2. The van der Waals surface area contributed by atoms with Gasteiger partial charge in [0, 0.05) is 54.1 Å². The summed E-state index contributed by atoms with van der Waals surface area (Å²) < 4.78 is 0. The summed E-state index contributed by atoms with van der Waals surface area (Å²) in [6.45, 7) is 6.60. The number of hydrogen-bond acceptors (Lipinski definition) is 2. The van der Waals surface area contributed by atoms with Crippen molar-refractivity contribution >= 4 is 16.8 Å². The maximum absolute atomic E-state index is 12.4. The third kappa shape index (κ3) is 2.81. The molecular formula is C17H23N3O. The lowest BCUT2D eigenvalue weighted by molar-refractivity contribution is -0.132. The van der Waals surface area contributed by atoms with Gasteiger partial charge in [-0.15, -0.1) is 0 Å². The lowest BCUT2D eigenvalue weighted by Gasteiger charge is -2.28. The Morgan fingerprint density at radius 2 is 2.24 bits per heavy atom. The van der Waals surface area contributed by atoms with Gasteiger partial charge in [0.15, 0.2) is 0 Å². The van der Waals surface area contributed by atoms with E-state index in [2.05, 4.69) is 42.3 Å². The second-order valence-corrected chi connectivity index (χ2v) is 5.86. The summed E-state index contributed by atoms with van der Waals surface area (Å²) in [7, 11) is 0. The minimum absolute atomic E-state index is 0.242. The van der Waals surface area contributed by atoms with Crippen LogP contribution in [0.4, 0.5) is 0 Å². The fraction of sp³-hybridized carbons (Fsp3) is 0.471. The molecule has 0 saturated carbocycles. The molecule has 4 heteroatoms. The Balaban J connectivity index is 1.76. The number of para-hydroxylation sites is 1. The van der Waals surface area contributed by atoms with E-state index in [4.69, 9.17) is 0 Å². The smallest absolute Gasteiger partial charge is 0.224 e. The Morgan fingerprint density at radius 3 is 3.05 bits per heavy atom. The Hall–Kier alpha value is -1.81. The van der Waals surface area contributed by atoms with E-state index in [1.165, 1.54) is 22.2 Å². The van der Waals surface area contributed by atoms with Gasteiger partial charge in [-0.25, -0.2) is 0 Å². The lowest BCUT2D eigenvalue weighted by Crippen LogP contribution is -2.39. The molecule has 0 aliphatic carbocycles. The van der Waals surface area contributed by atoms with Crippen LogP contribution < -0.4 is 5.32 Å². The minimum Gasteiger partial charge on any atom is -0.358 e. The maximum atomic E-state index is 12.4. The Labute approximate surface area is 125 Å². The molecule has 1 aliphatic rings. The van der Waals surface area contributed by atoms with Crippen molar-refractivity contribution in [2.24, 2.45) is 0 Å². The van der Waals surface area contributed by atoms with Gasteiger partial charge in [-0.1, -0.05) is 25.1 Å². The van der Waals surface area contributed by atoms with Gasteiger partial charge in [0.05, 0.1) is 0 Å². The Bertz CT molecular complexity index is 647. The van der Waals surface area contributed by atoms with Crippen LogP contribution >= 0.6 is 0 Å². The highest BCUT2D eigenvalue weighted by molar-refractivity contribution is 5.86. The zero-order valence-corrected chi connectivity index (χ0v) is 12.8. The highest BCUT2D eigenvalue weighted by Crippen LogP contribution is 2.27. The number of amides is 1. The van der Waals surface area contributed by atoms with Gasteiger partial charge in [-0.3, -0.25) is 4.79 Å². The number of nitrogens with zero attached hydrogens (tertiary/aromatic N) is 1. The molecule has 2 N–H and O–H groups in total. The second kappa shape index (κ2) is 5.90. The second-order valence-electron chi connectivity index (χ2n) is 5.86. The van der Waals surface area contributed by atoms with E-state index in [0.29, 0.717) is 6.42 Å². The van der Waals surface area contributed by atoms with Crippen LogP contribution in [0.15, 0.2) is 24.3 Å². The van der Waals surface area contributed by atoms with Crippen LogP contribution in [0.5, 0.6) is 0 Å². The van der Waals surface area contributed by atoms with Crippen LogP contribution in [0.25, 0.3) is 10.9 Å². The topological polar surface area (TPSA) is 48.1 Å². The number of carbonyl (C=O) groups is 1. The molecule has 21 heavy (non-hydrogen) atoms. The summed E-state index contributed by atoms with van der Waals surface area (Å²) in [5.74, 6) is 0.249. The van der Waals surface area contributed by atoms with Gasteiger partial charge >= 0.3 is 0 Å². The van der Waals surface area contributed by atoms with Gasteiger partial charge in [-0.05, 0) is 19.5 Å². The highest BCUT2D eigenvalue weighted by Gasteiger charge is 2.24. The minimum atomic E-state index is 0.242. The van der Waals surface area contributed by atoms with Gasteiger partial charge in [0.2, 0.25) is 5.91 Å². The first-order valence-electron chi connectivity index (χ1n) is 7.78. The van der Waals surface area contributed by atoms with E-state index in [-0.39, 0.29) is 11.9 Å².